The molecule has 0 saturated heterocycles. The lowest BCUT2D eigenvalue weighted by Gasteiger charge is -2.27. The molecule has 0 unspecified atom stereocenters. The molecule has 3 heteroatoms. The van der Waals surface area contributed by atoms with Gasteiger partial charge in [0.1, 0.15) is 0 Å². The molecule has 0 aliphatic heterocycles. The molecule has 1 saturated carbocycles. The molecule has 0 radical (unpaired) electrons. The van der Waals surface area contributed by atoms with E-state index in [1.807, 2.05) is 12.1 Å². The van der Waals surface area contributed by atoms with Crippen LogP contribution in [0.25, 0.3) is 0 Å². The van der Waals surface area contributed by atoms with Gasteiger partial charge in [0.15, 0.2) is 0 Å². The van der Waals surface area contributed by atoms with Gasteiger partial charge in [-0.3, -0.25) is 0 Å². The summed E-state index contributed by atoms with van der Waals surface area (Å²) in [6, 6.07) is 10.0. The first-order valence-electron chi connectivity index (χ1n) is 8.06. The molecule has 2 rings (SSSR count). The fourth-order valence-corrected chi connectivity index (χ4v) is 3.23. The van der Waals surface area contributed by atoms with Crippen LogP contribution in [0.3, 0.4) is 0 Å². The van der Waals surface area contributed by atoms with Gasteiger partial charge in [-0.25, -0.2) is 4.79 Å². The molecular weight excluding hydrogens is 274 g/mol. The van der Waals surface area contributed by atoms with Crippen LogP contribution in [-0.4, -0.2) is 11.1 Å². The van der Waals surface area contributed by atoms with Crippen molar-refractivity contribution in [3.8, 4) is 6.07 Å². The summed E-state index contributed by atoms with van der Waals surface area (Å²) >= 11 is 0. The van der Waals surface area contributed by atoms with E-state index in [1.165, 1.54) is 43.7 Å². The number of carboxylic acids is 1. The molecule has 1 aromatic rings. The number of aliphatic carboxylic acids is 1. The van der Waals surface area contributed by atoms with E-state index in [0.29, 0.717) is 5.92 Å². The lowest BCUT2D eigenvalue weighted by molar-refractivity contribution is -0.131. The Balaban J connectivity index is 1.68. The fraction of sp³-hybridized carbons (Fsp3) is 0.474. The van der Waals surface area contributed by atoms with E-state index in [0.717, 1.165) is 24.3 Å². The lowest BCUT2D eigenvalue weighted by atomic mass is 9.78. The van der Waals surface area contributed by atoms with Crippen LogP contribution in [0.1, 0.15) is 49.7 Å². The minimum atomic E-state index is -0.851. The van der Waals surface area contributed by atoms with E-state index in [1.54, 1.807) is 6.08 Å². The van der Waals surface area contributed by atoms with Crippen LogP contribution >= 0.6 is 0 Å². The van der Waals surface area contributed by atoms with Gasteiger partial charge in [-0.2, -0.15) is 5.26 Å². The number of hydrogen-bond acceptors (Lipinski definition) is 2. The van der Waals surface area contributed by atoms with Crippen molar-refractivity contribution < 1.29 is 9.90 Å². The van der Waals surface area contributed by atoms with Crippen molar-refractivity contribution in [2.45, 2.75) is 44.9 Å². The van der Waals surface area contributed by atoms with Gasteiger partial charge in [0.2, 0.25) is 0 Å². The van der Waals surface area contributed by atoms with Crippen molar-refractivity contribution in [2.24, 2.45) is 11.8 Å². The van der Waals surface area contributed by atoms with E-state index in [4.69, 9.17) is 10.4 Å². The van der Waals surface area contributed by atoms with Crippen molar-refractivity contribution in [2.75, 3.05) is 0 Å². The summed E-state index contributed by atoms with van der Waals surface area (Å²) < 4.78 is 0. The van der Waals surface area contributed by atoms with Gasteiger partial charge in [-0.05, 0) is 61.6 Å². The molecule has 1 fully saturated rings. The highest BCUT2D eigenvalue weighted by Gasteiger charge is 2.20. The summed E-state index contributed by atoms with van der Waals surface area (Å²) in [5, 5.41) is 17.4. The van der Waals surface area contributed by atoms with Gasteiger partial charge in [-0.15, -0.1) is 0 Å². The number of benzene rings is 1. The van der Waals surface area contributed by atoms with Gasteiger partial charge in [-0.1, -0.05) is 31.1 Å². The molecule has 0 spiro atoms. The summed E-state index contributed by atoms with van der Waals surface area (Å²) in [5.41, 5.74) is 2.03. The second-order valence-electron chi connectivity index (χ2n) is 6.21. The zero-order valence-electron chi connectivity index (χ0n) is 12.9. The first-order valence-corrected chi connectivity index (χ1v) is 8.06. The van der Waals surface area contributed by atoms with Crippen molar-refractivity contribution in [3.63, 3.8) is 0 Å². The highest BCUT2D eigenvalue weighted by molar-refractivity contribution is 5.79. The highest BCUT2D eigenvalue weighted by atomic mass is 16.4. The average molecular weight is 297 g/mol. The summed E-state index contributed by atoms with van der Waals surface area (Å²) in [4.78, 5) is 10.4. The Morgan fingerprint density at radius 3 is 2.41 bits per heavy atom. The van der Waals surface area contributed by atoms with Crippen LogP contribution in [0.5, 0.6) is 0 Å². The Labute approximate surface area is 132 Å². The SMILES string of the molecule is N#Cc1ccc(CCC2CCC(C/C=C/C(=O)O)CC2)cc1. The van der Waals surface area contributed by atoms with Crippen LogP contribution < -0.4 is 0 Å². The molecular formula is C19H23NO2. The molecule has 1 aliphatic rings. The van der Waals surface area contributed by atoms with E-state index in [2.05, 4.69) is 18.2 Å². The molecule has 0 amide bonds. The molecule has 0 heterocycles. The van der Waals surface area contributed by atoms with Crippen LogP contribution in [0, 0.1) is 23.2 Å². The Bertz CT molecular complexity index is 546. The molecule has 0 atom stereocenters. The smallest absolute Gasteiger partial charge is 0.327 e. The highest BCUT2D eigenvalue weighted by Crippen LogP contribution is 2.33. The van der Waals surface area contributed by atoms with Gasteiger partial charge in [0, 0.05) is 6.08 Å². The zero-order valence-corrected chi connectivity index (χ0v) is 12.9. The maximum Gasteiger partial charge on any atom is 0.327 e. The first-order chi connectivity index (χ1) is 10.7. The molecule has 116 valence electrons. The van der Waals surface area contributed by atoms with E-state index in [-0.39, 0.29) is 0 Å². The number of nitriles is 1. The number of aryl methyl sites for hydroxylation is 1. The number of carbonyl (C=O) groups is 1. The number of carboxylic acid groups (broad SMARTS) is 1. The van der Waals surface area contributed by atoms with E-state index < -0.39 is 5.97 Å². The summed E-state index contributed by atoms with van der Waals surface area (Å²) in [6.45, 7) is 0. The molecule has 1 aliphatic carbocycles. The molecule has 1 aromatic carbocycles. The molecule has 22 heavy (non-hydrogen) atoms. The number of allylic oxidation sites excluding steroid dienone is 1. The summed E-state index contributed by atoms with van der Waals surface area (Å²) in [7, 11) is 0. The second kappa shape index (κ2) is 8.38. The molecule has 3 nitrogen and oxygen atoms in total. The van der Waals surface area contributed by atoms with E-state index >= 15 is 0 Å². The minimum Gasteiger partial charge on any atom is -0.478 e. The lowest BCUT2D eigenvalue weighted by Crippen LogP contribution is -2.14. The van der Waals surface area contributed by atoms with Crippen molar-refractivity contribution in [3.05, 3.63) is 47.5 Å². The monoisotopic (exact) mass is 297 g/mol. The summed E-state index contributed by atoms with van der Waals surface area (Å²) in [5.74, 6) is 0.591. The third-order valence-corrected chi connectivity index (χ3v) is 4.62. The summed E-state index contributed by atoms with van der Waals surface area (Å²) in [6.07, 6.45) is 11.2. The Morgan fingerprint density at radius 1 is 1.18 bits per heavy atom. The fourth-order valence-electron chi connectivity index (χ4n) is 3.23. The van der Waals surface area contributed by atoms with E-state index in [9.17, 15) is 4.79 Å². The van der Waals surface area contributed by atoms with Crippen LogP contribution in [-0.2, 0) is 11.2 Å². The molecule has 1 N–H and O–H groups in total. The standard InChI is InChI=1S/C19H23NO2/c20-14-18-12-10-17(11-13-18)9-8-16-6-4-15(5-7-16)2-1-3-19(21)22/h1,3,10-13,15-16H,2,4-9H2,(H,21,22)/b3-1+. The van der Waals surface area contributed by atoms with Crippen molar-refractivity contribution >= 4 is 5.97 Å². The topological polar surface area (TPSA) is 61.1 Å². The minimum absolute atomic E-state index is 0.654. The second-order valence-corrected chi connectivity index (χ2v) is 6.21. The number of nitrogens with zero attached hydrogens (tertiary/aromatic N) is 1. The predicted octanol–water partition coefficient (Wildman–Crippen LogP) is 4.33. The van der Waals surface area contributed by atoms with Gasteiger partial charge < -0.3 is 5.11 Å². The van der Waals surface area contributed by atoms with Crippen LogP contribution in [0.2, 0.25) is 0 Å². The maximum absolute atomic E-state index is 10.4. The Hall–Kier alpha value is -2.08. The molecule has 0 bridgehead atoms. The van der Waals surface area contributed by atoms with Gasteiger partial charge >= 0.3 is 5.97 Å². The van der Waals surface area contributed by atoms with Crippen LogP contribution in [0.15, 0.2) is 36.4 Å². The maximum atomic E-state index is 10.4. The Kier molecular flexibility index (Phi) is 6.21. The van der Waals surface area contributed by atoms with Gasteiger partial charge in [0.25, 0.3) is 0 Å². The van der Waals surface area contributed by atoms with Crippen molar-refractivity contribution in [1.29, 1.82) is 5.26 Å². The normalized spacial score (nSPS) is 21.6. The zero-order chi connectivity index (χ0) is 15.8. The molecule has 0 aromatic heterocycles. The van der Waals surface area contributed by atoms with Crippen LogP contribution in [0.4, 0.5) is 0 Å². The van der Waals surface area contributed by atoms with Crippen molar-refractivity contribution in [1.82, 2.24) is 0 Å². The number of hydrogen-bond donors (Lipinski definition) is 1. The third kappa shape index (κ3) is 5.37. The third-order valence-electron chi connectivity index (χ3n) is 4.62. The average Bonchev–Trinajstić information content (AvgIpc) is 2.54. The largest absolute Gasteiger partial charge is 0.478 e. The first kappa shape index (κ1) is 16.3. The predicted molar refractivity (Wildman–Crippen MR) is 86.3 cm³/mol. The quantitative estimate of drug-likeness (QED) is 0.795. The number of rotatable bonds is 6. The Morgan fingerprint density at radius 2 is 1.82 bits per heavy atom. The van der Waals surface area contributed by atoms with Gasteiger partial charge in [0.05, 0.1) is 11.6 Å².